The van der Waals surface area contributed by atoms with Gasteiger partial charge in [0.25, 0.3) is 0 Å². The molecule has 3 heterocycles. The molecule has 1 unspecified atom stereocenters. The van der Waals surface area contributed by atoms with Crippen LogP contribution >= 0.6 is 11.8 Å². The van der Waals surface area contributed by atoms with E-state index in [1.165, 1.54) is 23.9 Å². The summed E-state index contributed by atoms with van der Waals surface area (Å²) in [6.07, 6.45) is 2.90. The average molecular weight is 450 g/mol. The molecule has 0 aliphatic carbocycles. The zero-order valence-corrected chi connectivity index (χ0v) is 18.3. The number of rotatable bonds is 9. The number of carbonyl (C=O) groups is 1. The van der Waals surface area contributed by atoms with Crippen LogP contribution in [0.1, 0.15) is 18.4 Å². The van der Waals surface area contributed by atoms with Crippen LogP contribution in [0, 0.1) is 5.82 Å². The van der Waals surface area contributed by atoms with Crippen molar-refractivity contribution in [1.29, 1.82) is 0 Å². The van der Waals surface area contributed by atoms with Crippen LogP contribution in [0.3, 0.4) is 0 Å². The molecular formula is C21H28FN5O3S. The van der Waals surface area contributed by atoms with Crippen LogP contribution in [0.2, 0.25) is 0 Å². The van der Waals surface area contributed by atoms with E-state index in [2.05, 4.69) is 25.0 Å². The standard InChI is InChI=1S/C21H28FN5O3S/c22-17-5-3-16(4-6-17)7-8-23-19(28)15-31-21-25-24-20(26-9-12-29-13-10-26)27(21)14-18-2-1-11-30-18/h3-6,18H,1-2,7-15H2,(H,23,28). The minimum absolute atomic E-state index is 0.0632. The highest BCUT2D eigenvalue weighted by Gasteiger charge is 2.25. The zero-order chi connectivity index (χ0) is 21.5. The average Bonchev–Trinajstić information content (AvgIpc) is 3.45. The number of benzene rings is 1. The fraction of sp³-hybridized carbons (Fsp3) is 0.571. The lowest BCUT2D eigenvalue weighted by Gasteiger charge is -2.28. The van der Waals surface area contributed by atoms with Crippen molar-refractivity contribution < 1.29 is 18.7 Å². The maximum Gasteiger partial charge on any atom is 0.230 e. The van der Waals surface area contributed by atoms with Crippen LogP contribution in [0.25, 0.3) is 0 Å². The van der Waals surface area contributed by atoms with E-state index in [-0.39, 0.29) is 23.6 Å². The van der Waals surface area contributed by atoms with Crippen molar-refractivity contribution in [3.63, 3.8) is 0 Å². The molecule has 2 saturated heterocycles. The van der Waals surface area contributed by atoms with Crippen LogP contribution in [-0.2, 0) is 27.2 Å². The maximum absolute atomic E-state index is 13.0. The molecule has 2 aliphatic heterocycles. The lowest BCUT2D eigenvalue weighted by atomic mass is 10.1. The summed E-state index contributed by atoms with van der Waals surface area (Å²) in [5, 5.41) is 12.4. The lowest BCUT2D eigenvalue weighted by Crippen LogP contribution is -2.38. The highest BCUT2D eigenvalue weighted by molar-refractivity contribution is 7.99. The fourth-order valence-corrected chi connectivity index (χ4v) is 4.49. The van der Waals surface area contributed by atoms with Crippen LogP contribution in [0.4, 0.5) is 10.3 Å². The van der Waals surface area contributed by atoms with Gasteiger partial charge in [-0.1, -0.05) is 23.9 Å². The molecule has 2 fully saturated rings. The summed E-state index contributed by atoms with van der Waals surface area (Å²) < 4.78 is 26.3. The number of anilines is 1. The lowest BCUT2D eigenvalue weighted by molar-refractivity contribution is -0.118. The molecule has 0 spiro atoms. The van der Waals surface area contributed by atoms with Crippen LogP contribution in [0.5, 0.6) is 0 Å². The van der Waals surface area contributed by atoms with E-state index < -0.39 is 0 Å². The Morgan fingerprint density at radius 1 is 1.19 bits per heavy atom. The molecule has 31 heavy (non-hydrogen) atoms. The Morgan fingerprint density at radius 3 is 2.74 bits per heavy atom. The Hall–Kier alpha value is -2.17. The third-order valence-electron chi connectivity index (χ3n) is 5.38. The van der Waals surface area contributed by atoms with Gasteiger partial charge in [-0.25, -0.2) is 4.39 Å². The Kier molecular flexibility index (Phi) is 7.76. The van der Waals surface area contributed by atoms with E-state index in [1.807, 2.05) is 0 Å². The van der Waals surface area contributed by atoms with Crippen LogP contribution < -0.4 is 10.2 Å². The maximum atomic E-state index is 13.0. The van der Waals surface area contributed by atoms with E-state index in [0.717, 1.165) is 49.2 Å². The van der Waals surface area contributed by atoms with E-state index in [9.17, 15) is 9.18 Å². The topological polar surface area (TPSA) is 81.5 Å². The number of nitrogens with one attached hydrogen (secondary N) is 1. The number of thioether (sulfide) groups is 1. The van der Waals surface area contributed by atoms with Gasteiger partial charge in [0.2, 0.25) is 11.9 Å². The second kappa shape index (κ2) is 10.9. The normalized spacial score (nSPS) is 19.0. The van der Waals surface area contributed by atoms with Crippen molar-refractivity contribution in [1.82, 2.24) is 20.1 Å². The Bertz CT molecular complexity index is 851. The quantitative estimate of drug-likeness (QED) is 0.586. The first-order valence-corrected chi connectivity index (χ1v) is 11.7. The number of hydrogen-bond acceptors (Lipinski definition) is 7. The van der Waals surface area contributed by atoms with Gasteiger partial charge in [0.1, 0.15) is 5.82 Å². The smallest absolute Gasteiger partial charge is 0.230 e. The molecule has 4 rings (SSSR count). The van der Waals surface area contributed by atoms with Crippen molar-refractivity contribution in [3.8, 4) is 0 Å². The number of aromatic nitrogens is 3. The van der Waals surface area contributed by atoms with Crippen LogP contribution in [-0.4, -0.2) is 72.0 Å². The first kappa shape index (κ1) is 22.0. The largest absolute Gasteiger partial charge is 0.378 e. The Balaban J connectivity index is 1.32. The molecular weight excluding hydrogens is 421 g/mol. The van der Waals surface area contributed by atoms with Crippen LogP contribution in [0.15, 0.2) is 29.4 Å². The van der Waals surface area contributed by atoms with Crippen molar-refractivity contribution in [2.75, 3.05) is 50.1 Å². The van der Waals surface area contributed by atoms with E-state index in [0.29, 0.717) is 32.7 Å². The summed E-state index contributed by atoms with van der Waals surface area (Å²) in [4.78, 5) is 14.5. The van der Waals surface area contributed by atoms with Crippen molar-refractivity contribution in [3.05, 3.63) is 35.6 Å². The molecule has 1 aromatic carbocycles. The Labute approximate surface area is 185 Å². The summed E-state index contributed by atoms with van der Waals surface area (Å²) in [5.41, 5.74) is 0.987. The summed E-state index contributed by atoms with van der Waals surface area (Å²) in [6, 6.07) is 6.33. The van der Waals surface area contributed by atoms with Gasteiger partial charge >= 0.3 is 0 Å². The highest BCUT2D eigenvalue weighted by Crippen LogP contribution is 2.25. The second-order valence-corrected chi connectivity index (χ2v) is 8.59. The molecule has 0 radical (unpaired) electrons. The third kappa shape index (κ3) is 6.18. The van der Waals surface area contributed by atoms with E-state index >= 15 is 0 Å². The van der Waals surface area contributed by atoms with Gasteiger partial charge in [-0.05, 0) is 37.0 Å². The molecule has 0 saturated carbocycles. The highest BCUT2D eigenvalue weighted by atomic mass is 32.2. The van der Waals surface area contributed by atoms with E-state index in [1.54, 1.807) is 12.1 Å². The molecule has 1 N–H and O–H groups in total. The summed E-state index contributed by atoms with van der Waals surface area (Å²) in [5.74, 6) is 0.758. The molecule has 2 aliphatic rings. The van der Waals surface area contributed by atoms with Gasteiger partial charge in [0.05, 0.1) is 31.6 Å². The van der Waals surface area contributed by atoms with Gasteiger partial charge in [0.15, 0.2) is 5.16 Å². The number of ether oxygens (including phenoxy) is 2. The monoisotopic (exact) mass is 449 g/mol. The van der Waals surface area contributed by atoms with Gasteiger partial charge in [0, 0.05) is 26.2 Å². The van der Waals surface area contributed by atoms with Gasteiger partial charge < -0.3 is 19.7 Å². The third-order valence-corrected chi connectivity index (χ3v) is 6.35. The number of morpholine rings is 1. The summed E-state index contributed by atoms with van der Waals surface area (Å²) in [7, 11) is 0. The SMILES string of the molecule is O=C(CSc1nnc(N2CCOCC2)n1CC1CCCO1)NCCc1ccc(F)cc1. The Morgan fingerprint density at radius 2 is 2.00 bits per heavy atom. The number of halogens is 1. The number of amides is 1. The summed E-state index contributed by atoms with van der Waals surface area (Å²) >= 11 is 1.39. The summed E-state index contributed by atoms with van der Waals surface area (Å²) in [6.45, 7) is 4.88. The zero-order valence-electron chi connectivity index (χ0n) is 17.5. The number of nitrogens with zero attached hydrogens (tertiary/aromatic N) is 4. The molecule has 168 valence electrons. The molecule has 1 aromatic heterocycles. The first-order valence-electron chi connectivity index (χ1n) is 10.7. The fourth-order valence-electron chi connectivity index (χ4n) is 3.72. The van der Waals surface area contributed by atoms with Gasteiger partial charge in [-0.15, -0.1) is 10.2 Å². The minimum atomic E-state index is -0.257. The molecule has 1 amide bonds. The van der Waals surface area contributed by atoms with Gasteiger partial charge in [-0.2, -0.15) is 0 Å². The minimum Gasteiger partial charge on any atom is -0.378 e. The predicted octanol–water partition coefficient (Wildman–Crippen LogP) is 1.88. The molecule has 10 heteroatoms. The number of hydrogen-bond donors (Lipinski definition) is 1. The molecule has 1 atom stereocenters. The van der Waals surface area contributed by atoms with Gasteiger partial charge in [-0.3, -0.25) is 9.36 Å². The first-order chi connectivity index (χ1) is 15.2. The number of carbonyl (C=O) groups excluding carboxylic acids is 1. The van der Waals surface area contributed by atoms with E-state index in [4.69, 9.17) is 9.47 Å². The molecule has 8 nitrogen and oxygen atoms in total. The molecule has 2 aromatic rings. The predicted molar refractivity (Wildman–Crippen MR) is 116 cm³/mol. The van der Waals surface area contributed by atoms with Crippen molar-refractivity contribution >= 4 is 23.6 Å². The van der Waals surface area contributed by atoms with Crippen molar-refractivity contribution in [2.24, 2.45) is 0 Å². The molecule has 0 bridgehead atoms. The van der Waals surface area contributed by atoms with Crippen molar-refractivity contribution in [2.45, 2.75) is 37.1 Å². The second-order valence-electron chi connectivity index (χ2n) is 7.64.